The molecular formula is C23H29FO2S. The fourth-order valence-electron chi connectivity index (χ4n) is 4.16. The van der Waals surface area contributed by atoms with Crippen molar-refractivity contribution >= 4 is 11.8 Å². The van der Waals surface area contributed by atoms with Crippen LogP contribution in [0.2, 0.25) is 0 Å². The molecule has 0 saturated heterocycles. The number of benzene rings is 2. The van der Waals surface area contributed by atoms with Gasteiger partial charge in [-0.05, 0) is 48.2 Å². The number of fused-ring (bicyclic) bond motifs is 1. The first-order valence-electron chi connectivity index (χ1n) is 9.79. The van der Waals surface area contributed by atoms with E-state index in [4.69, 9.17) is 4.74 Å². The predicted molar refractivity (Wildman–Crippen MR) is 110 cm³/mol. The van der Waals surface area contributed by atoms with Gasteiger partial charge in [-0.3, -0.25) is 0 Å². The fourth-order valence-corrected chi connectivity index (χ4v) is 5.64. The molecule has 0 saturated carbocycles. The largest absolute Gasteiger partial charge is 0.497 e. The van der Waals surface area contributed by atoms with Crippen molar-refractivity contribution in [1.82, 2.24) is 0 Å². The van der Waals surface area contributed by atoms with Gasteiger partial charge in [0.1, 0.15) is 11.6 Å². The molecule has 3 atom stereocenters. The van der Waals surface area contributed by atoms with Crippen molar-refractivity contribution in [3.8, 4) is 5.75 Å². The van der Waals surface area contributed by atoms with Crippen molar-refractivity contribution < 1.29 is 14.2 Å². The minimum absolute atomic E-state index is 0.236. The van der Waals surface area contributed by atoms with Gasteiger partial charge in [0.25, 0.3) is 0 Å². The van der Waals surface area contributed by atoms with E-state index >= 15 is 0 Å². The Morgan fingerprint density at radius 1 is 1.19 bits per heavy atom. The highest BCUT2D eigenvalue weighted by molar-refractivity contribution is 7.99. The Hall–Kier alpha value is -1.52. The highest BCUT2D eigenvalue weighted by atomic mass is 32.2. The highest BCUT2D eigenvalue weighted by Gasteiger charge is 2.45. The lowest BCUT2D eigenvalue weighted by atomic mass is 9.69. The molecule has 146 valence electrons. The van der Waals surface area contributed by atoms with Gasteiger partial charge in [-0.2, -0.15) is 0 Å². The Balaban J connectivity index is 2.18. The van der Waals surface area contributed by atoms with Crippen molar-refractivity contribution in [2.24, 2.45) is 5.41 Å². The molecule has 0 unspecified atom stereocenters. The van der Waals surface area contributed by atoms with Crippen molar-refractivity contribution in [2.45, 2.75) is 56.4 Å². The molecule has 4 heteroatoms. The van der Waals surface area contributed by atoms with Crippen LogP contribution in [0, 0.1) is 11.2 Å². The molecule has 1 aliphatic rings. The molecule has 2 aromatic rings. The van der Waals surface area contributed by atoms with Crippen LogP contribution in [0.4, 0.5) is 4.39 Å². The normalized spacial score (nSPS) is 24.9. The number of halogens is 1. The molecule has 0 spiro atoms. The van der Waals surface area contributed by atoms with Crippen LogP contribution >= 0.6 is 11.8 Å². The molecule has 2 nitrogen and oxygen atoms in total. The van der Waals surface area contributed by atoms with E-state index in [0.29, 0.717) is 5.56 Å². The van der Waals surface area contributed by atoms with Gasteiger partial charge in [0, 0.05) is 22.0 Å². The van der Waals surface area contributed by atoms with Crippen LogP contribution in [0.15, 0.2) is 47.4 Å². The number of ether oxygens (including phenoxy) is 1. The molecule has 1 aliphatic heterocycles. The van der Waals surface area contributed by atoms with Crippen LogP contribution < -0.4 is 4.74 Å². The molecule has 0 amide bonds. The molecule has 0 aromatic heterocycles. The fraction of sp³-hybridized carbons (Fsp3) is 0.478. The van der Waals surface area contributed by atoms with E-state index in [1.807, 2.05) is 30.3 Å². The summed E-state index contributed by atoms with van der Waals surface area (Å²) in [5.74, 6) is 0.917. The van der Waals surface area contributed by atoms with Gasteiger partial charge in [-0.15, -0.1) is 11.8 Å². The smallest absolute Gasteiger partial charge is 0.127 e. The van der Waals surface area contributed by atoms with Crippen LogP contribution in [-0.2, 0) is 0 Å². The number of aliphatic hydroxyl groups excluding tert-OH is 1. The number of unbranched alkanes of at least 4 members (excludes halogenated alkanes) is 1. The second-order valence-electron chi connectivity index (χ2n) is 7.46. The third-order valence-electron chi connectivity index (χ3n) is 5.98. The lowest BCUT2D eigenvalue weighted by Gasteiger charge is -2.39. The van der Waals surface area contributed by atoms with Gasteiger partial charge in [0.2, 0.25) is 0 Å². The van der Waals surface area contributed by atoms with Crippen molar-refractivity contribution in [1.29, 1.82) is 0 Å². The van der Waals surface area contributed by atoms with Gasteiger partial charge in [-0.1, -0.05) is 44.9 Å². The average molecular weight is 389 g/mol. The molecule has 1 N–H and O–H groups in total. The Bertz CT molecular complexity index is 779. The number of hydrogen-bond acceptors (Lipinski definition) is 3. The second kappa shape index (κ2) is 8.66. The molecule has 1 heterocycles. The van der Waals surface area contributed by atoms with Crippen molar-refractivity contribution in [2.75, 3.05) is 12.9 Å². The molecule has 27 heavy (non-hydrogen) atoms. The number of rotatable bonds is 6. The molecule has 2 aromatic carbocycles. The standard InChI is InChI=1S/C23H29FO2S/c1-4-6-13-23(5-2)15-27-20-12-11-16(26-3)14-18(20)21(22(23)25)17-9-7-8-10-19(17)24/h7-12,14,21-22,25H,4-6,13,15H2,1-3H3/t21-,22-,23-/m1/s1. The maximum atomic E-state index is 14.8. The number of thioether (sulfide) groups is 1. The maximum absolute atomic E-state index is 14.8. The lowest BCUT2D eigenvalue weighted by Crippen LogP contribution is -2.40. The topological polar surface area (TPSA) is 29.5 Å². The van der Waals surface area contributed by atoms with E-state index in [9.17, 15) is 9.50 Å². The summed E-state index contributed by atoms with van der Waals surface area (Å²) < 4.78 is 20.2. The van der Waals surface area contributed by atoms with E-state index in [1.54, 1.807) is 24.9 Å². The summed E-state index contributed by atoms with van der Waals surface area (Å²) in [6, 6.07) is 12.8. The zero-order valence-corrected chi connectivity index (χ0v) is 17.2. The highest BCUT2D eigenvalue weighted by Crippen LogP contribution is 2.51. The minimum Gasteiger partial charge on any atom is -0.497 e. The van der Waals surface area contributed by atoms with Gasteiger partial charge >= 0.3 is 0 Å². The van der Waals surface area contributed by atoms with Gasteiger partial charge in [-0.25, -0.2) is 4.39 Å². The quantitative estimate of drug-likeness (QED) is 0.656. The number of hydrogen-bond donors (Lipinski definition) is 1. The zero-order valence-electron chi connectivity index (χ0n) is 16.4. The summed E-state index contributed by atoms with van der Waals surface area (Å²) >= 11 is 1.78. The van der Waals surface area contributed by atoms with Crippen LogP contribution in [0.5, 0.6) is 5.75 Å². The Kier molecular flexibility index (Phi) is 6.48. The van der Waals surface area contributed by atoms with Crippen LogP contribution in [0.3, 0.4) is 0 Å². The van der Waals surface area contributed by atoms with Crippen LogP contribution in [0.1, 0.15) is 56.6 Å². The van der Waals surface area contributed by atoms with Crippen LogP contribution in [0.25, 0.3) is 0 Å². The van der Waals surface area contributed by atoms with Crippen molar-refractivity contribution in [3.05, 3.63) is 59.4 Å². The Morgan fingerprint density at radius 3 is 2.63 bits per heavy atom. The summed E-state index contributed by atoms with van der Waals surface area (Å²) in [4.78, 5) is 1.11. The minimum atomic E-state index is -0.646. The first-order valence-corrected chi connectivity index (χ1v) is 10.8. The number of aliphatic hydroxyl groups is 1. The molecule has 0 fully saturated rings. The summed E-state index contributed by atoms with van der Waals surface area (Å²) in [6.07, 6.45) is 3.33. The van der Waals surface area contributed by atoms with Crippen molar-refractivity contribution in [3.63, 3.8) is 0 Å². The average Bonchev–Trinajstić information content (AvgIpc) is 2.81. The second-order valence-corrected chi connectivity index (χ2v) is 8.47. The first kappa shape index (κ1) is 20.2. The van der Waals surface area contributed by atoms with Gasteiger partial charge < -0.3 is 9.84 Å². The third kappa shape index (κ3) is 3.88. The van der Waals surface area contributed by atoms with E-state index in [-0.39, 0.29) is 11.2 Å². The summed E-state index contributed by atoms with van der Waals surface area (Å²) in [6.45, 7) is 4.32. The van der Waals surface area contributed by atoms with Gasteiger partial charge in [0.15, 0.2) is 0 Å². The lowest BCUT2D eigenvalue weighted by molar-refractivity contribution is 0.0175. The Labute approximate surface area is 166 Å². The molecule has 0 radical (unpaired) electrons. The first-order chi connectivity index (χ1) is 13.1. The predicted octanol–water partition coefficient (Wildman–Crippen LogP) is 6.02. The van der Waals surface area contributed by atoms with Gasteiger partial charge in [0.05, 0.1) is 13.2 Å². The summed E-state index contributed by atoms with van der Waals surface area (Å²) in [5, 5.41) is 11.7. The van der Waals surface area contributed by atoms with E-state index in [0.717, 1.165) is 47.6 Å². The molecular weight excluding hydrogens is 359 g/mol. The Morgan fingerprint density at radius 2 is 1.96 bits per heavy atom. The summed E-state index contributed by atoms with van der Waals surface area (Å²) in [5.41, 5.74) is 1.29. The third-order valence-corrected chi connectivity index (χ3v) is 7.38. The van der Waals surface area contributed by atoms with Crippen LogP contribution in [-0.4, -0.2) is 24.1 Å². The number of methoxy groups -OCH3 is 1. The molecule has 0 aliphatic carbocycles. The van der Waals surface area contributed by atoms with E-state index < -0.39 is 12.0 Å². The van der Waals surface area contributed by atoms with E-state index in [1.165, 1.54) is 6.07 Å². The monoisotopic (exact) mass is 388 g/mol. The molecule has 0 bridgehead atoms. The molecule has 3 rings (SSSR count). The SMILES string of the molecule is CCCC[C@]1(CC)CSc2ccc(OC)cc2[C@@H](c2ccccc2F)[C@H]1O. The maximum Gasteiger partial charge on any atom is 0.127 e. The van der Waals surface area contributed by atoms with E-state index in [2.05, 4.69) is 13.8 Å². The zero-order chi connectivity index (χ0) is 19.4. The summed E-state index contributed by atoms with van der Waals surface area (Å²) in [7, 11) is 1.64.